The minimum Gasteiger partial charge on any atom is -0.490 e. The van der Waals surface area contributed by atoms with Gasteiger partial charge in [-0.1, -0.05) is 53.0 Å². The number of nitrogens with two attached hydrogens (primary N) is 1. The van der Waals surface area contributed by atoms with Crippen LogP contribution in [0.4, 0.5) is 4.79 Å². The first-order valence-corrected chi connectivity index (χ1v) is 15.7. The number of aliphatic hydroxyl groups is 2. The molecule has 39 heavy (non-hydrogen) atoms. The summed E-state index contributed by atoms with van der Waals surface area (Å²) in [7, 11) is 0. The van der Waals surface area contributed by atoms with Gasteiger partial charge in [0.2, 0.25) is 0 Å². The minimum atomic E-state index is -1.16. The number of carbonyl (C=O) groups excluding carboxylic acids is 1. The number of ether oxygens (including phenoxy) is 2. The lowest BCUT2D eigenvalue weighted by Gasteiger charge is -2.69. The van der Waals surface area contributed by atoms with Gasteiger partial charge in [-0.05, 0) is 92.6 Å². The van der Waals surface area contributed by atoms with Gasteiger partial charge in [-0.15, -0.1) is 0 Å². The summed E-state index contributed by atoms with van der Waals surface area (Å²) in [6.45, 7) is 11.7. The van der Waals surface area contributed by atoms with Crippen molar-refractivity contribution in [2.45, 2.75) is 128 Å². The van der Waals surface area contributed by atoms with Gasteiger partial charge < -0.3 is 30.7 Å². The first-order valence-electron chi connectivity index (χ1n) is 15.7. The number of allylic oxidation sites excluding steroid dienone is 1. The molecule has 1 aliphatic heterocycles. The second kappa shape index (κ2) is 10.7. The van der Waals surface area contributed by atoms with E-state index in [0.29, 0.717) is 37.7 Å². The van der Waals surface area contributed by atoms with E-state index in [9.17, 15) is 15.0 Å². The van der Waals surface area contributed by atoms with Crippen molar-refractivity contribution >= 4 is 6.09 Å². The molecule has 4 saturated carbocycles. The zero-order chi connectivity index (χ0) is 28.1. The molecule has 5 rings (SSSR count). The quantitative estimate of drug-likeness (QED) is 0.307. The summed E-state index contributed by atoms with van der Waals surface area (Å²) in [6.07, 6.45) is 12.9. The molecule has 220 valence electrons. The van der Waals surface area contributed by atoms with E-state index >= 15 is 0 Å². The van der Waals surface area contributed by atoms with Crippen molar-refractivity contribution in [2.24, 2.45) is 34.3 Å². The number of hydrogen-bond donors (Lipinski definition) is 4. The number of alkyl carbamates (subject to hydrolysis) is 1. The lowest BCUT2D eigenvalue weighted by molar-refractivity contribution is -0.254. The molecule has 7 heteroatoms. The molecular weight excluding hydrogens is 492 g/mol. The molecule has 0 bridgehead atoms. The molecule has 0 saturated heterocycles. The van der Waals surface area contributed by atoms with Crippen LogP contribution in [0.3, 0.4) is 0 Å². The number of unbranched alkanes of at least 4 members (excludes halogenated alkanes) is 4. The molecule has 0 spiro atoms. The second-order valence-corrected chi connectivity index (χ2v) is 13.9. The Labute approximate surface area is 235 Å². The monoisotopic (exact) mass is 544 g/mol. The topological polar surface area (TPSA) is 114 Å². The van der Waals surface area contributed by atoms with Crippen LogP contribution in [0, 0.1) is 28.6 Å². The molecule has 9 unspecified atom stereocenters. The molecule has 1 amide bonds. The van der Waals surface area contributed by atoms with Gasteiger partial charge in [0.15, 0.2) is 0 Å². The summed E-state index contributed by atoms with van der Waals surface area (Å²) < 4.78 is 11.5. The highest BCUT2D eigenvalue weighted by molar-refractivity contribution is 5.67. The first kappa shape index (κ1) is 28.9. The van der Waals surface area contributed by atoms with Crippen LogP contribution >= 0.6 is 0 Å². The van der Waals surface area contributed by atoms with E-state index in [2.05, 4.69) is 32.7 Å². The van der Waals surface area contributed by atoms with Crippen molar-refractivity contribution in [3.8, 4) is 0 Å². The summed E-state index contributed by atoms with van der Waals surface area (Å²) in [6, 6.07) is 0. The van der Waals surface area contributed by atoms with Gasteiger partial charge in [0.25, 0.3) is 0 Å². The highest BCUT2D eigenvalue weighted by Crippen LogP contribution is 2.70. The molecular formula is C32H52N2O5. The van der Waals surface area contributed by atoms with Gasteiger partial charge >= 0.3 is 6.09 Å². The van der Waals surface area contributed by atoms with E-state index in [4.69, 9.17) is 15.2 Å². The first-order chi connectivity index (χ1) is 18.5. The molecule has 4 fully saturated rings. The predicted octanol–water partition coefficient (Wildman–Crippen LogP) is 5.35. The van der Waals surface area contributed by atoms with Crippen LogP contribution in [0.5, 0.6) is 0 Å². The number of rotatable bonds is 8. The molecule has 4 aliphatic carbocycles. The Balaban J connectivity index is 1.26. The van der Waals surface area contributed by atoms with Gasteiger partial charge in [0.1, 0.15) is 18.5 Å². The summed E-state index contributed by atoms with van der Waals surface area (Å²) in [4.78, 5) is 12.5. The zero-order valence-corrected chi connectivity index (χ0v) is 24.5. The van der Waals surface area contributed by atoms with Crippen LogP contribution in [0.1, 0.15) is 104 Å². The number of nitrogens with one attached hydrogen (secondary N) is 1. The van der Waals surface area contributed by atoms with Crippen molar-refractivity contribution in [1.29, 1.82) is 0 Å². The van der Waals surface area contributed by atoms with Crippen LogP contribution < -0.4 is 11.1 Å². The van der Waals surface area contributed by atoms with E-state index in [0.717, 1.165) is 56.9 Å². The summed E-state index contributed by atoms with van der Waals surface area (Å²) in [5.74, 6) is 1.05. The molecule has 7 nitrogen and oxygen atoms in total. The van der Waals surface area contributed by atoms with E-state index < -0.39 is 22.7 Å². The largest absolute Gasteiger partial charge is 0.490 e. The molecule has 0 radical (unpaired) electrons. The van der Waals surface area contributed by atoms with Crippen LogP contribution in [0.15, 0.2) is 24.0 Å². The Bertz CT molecular complexity index is 984. The Hall–Kier alpha value is -1.57. The van der Waals surface area contributed by atoms with Crippen LogP contribution in [-0.4, -0.2) is 52.8 Å². The molecule has 0 aromatic heterocycles. The third kappa shape index (κ3) is 4.55. The van der Waals surface area contributed by atoms with Crippen molar-refractivity contribution < 1.29 is 24.5 Å². The number of hydrogen-bond acceptors (Lipinski definition) is 6. The highest BCUT2D eigenvalue weighted by Gasteiger charge is 2.75. The minimum absolute atomic E-state index is 0.0113. The molecule has 5 aliphatic rings. The predicted molar refractivity (Wildman–Crippen MR) is 152 cm³/mol. The van der Waals surface area contributed by atoms with Gasteiger partial charge in [-0.3, -0.25) is 0 Å². The summed E-state index contributed by atoms with van der Waals surface area (Å²) in [5, 5.41) is 27.3. The maximum atomic E-state index is 12.6. The van der Waals surface area contributed by atoms with Gasteiger partial charge in [0.05, 0.1) is 11.7 Å². The summed E-state index contributed by atoms with van der Waals surface area (Å²) >= 11 is 0. The van der Waals surface area contributed by atoms with E-state index in [1.807, 2.05) is 6.08 Å². The lowest BCUT2D eigenvalue weighted by Crippen LogP contribution is -2.79. The maximum absolute atomic E-state index is 12.6. The van der Waals surface area contributed by atoms with Crippen LogP contribution in [0.2, 0.25) is 0 Å². The normalized spacial score (nSPS) is 45.0. The van der Waals surface area contributed by atoms with Crippen molar-refractivity contribution in [3.05, 3.63) is 24.0 Å². The van der Waals surface area contributed by atoms with Crippen molar-refractivity contribution in [1.82, 2.24) is 5.32 Å². The van der Waals surface area contributed by atoms with Crippen molar-refractivity contribution in [3.63, 3.8) is 0 Å². The Morgan fingerprint density at radius 1 is 1.15 bits per heavy atom. The molecule has 1 heterocycles. The van der Waals surface area contributed by atoms with Gasteiger partial charge in [-0.2, -0.15) is 0 Å². The Morgan fingerprint density at radius 3 is 2.64 bits per heavy atom. The number of carbonyl (C=O) groups is 1. The second-order valence-electron chi connectivity index (χ2n) is 13.9. The molecule has 5 N–H and O–H groups in total. The third-order valence-electron chi connectivity index (χ3n) is 12.2. The van der Waals surface area contributed by atoms with Crippen molar-refractivity contribution in [2.75, 3.05) is 13.2 Å². The zero-order valence-electron chi connectivity index (χ0n) is 24.5. The maximum Gasteiger partial charge on any atom is 0.407 e. The van der Waals surface area contributed by atoms with E-state index in [-0.39, 0.29) is 29.4 Å². The third-order valence-corrected chi connectivity index (χ3v) is 12.2. The van der Waals surface area contributed by atoms with Crippen LogP contribution in [-0.2, 0) is 9.47 Å². The summed E-state index contributed by atoms with van der Waals surface area (Å²) in [5.41, 5.74) is 5.77. The number of fused-ring (bicyclic) bond motifs is 5. The lowest BCUT2D eigenvalue weighted by atomic mass is 9.39. The fourth-order valence-corrected chi connectivity index (χ4v) is 9.81. The smallest absolute Gasteiger partial charge is 0.407 e. The number of aliphatic hydroxyl groups excluding tert-OH is 1. The Kier molecular flexibility index (Phi) is 7.93. The number of amides is 1. The standard InChI is InChI=1S/C32H52N2O5/c1-5-6-7-8-9-16-34-28(36)39-24-11-13-29(3)23(18-24)10-14-31(33)26(29)19-27(35)30(4)25(12-15-32(30,31)37)22-17-21(2)38-20-22/h17,23-27,35,37H,2,5-16,18-20,33H2,1,3-4H3,(H,34,36). The van der Waals surface area contributed by atoms with Gasteiger partial charge in [-0.25, -0.2) is 4.79 Å². The average molecular weight is 545 g/mol. The van der Waals surface area contributed by atoms with E-state index in [1.165, 1.54) is 19.3 Å². The van der Waals surface area contributed by atoms with Crippen LogP contribution in [0.25, 0.3) is 0 Å². The van der Waals surface area contributed by atoms with Gasteiger partial charge in [0, 0.05) is 17.5 Å². The van der Waals surface area contributed by atoms with E-state index in [1.54, 1.807) is 0 Å². The highest BCUT2D eigenvalue weighted by atomic mass is 16.6. The Morgan fingerprint density at radius 2 is 1.92 bits per heavy atom. The fourth-order valence-electron chi connectivity index (χ4n) is 9.81. The fraction of sp³-hybridized carbons (Fsp3) is 0.844. The molecule has 0 aromatic carbocycles. The SMILES string of the molecule is C=C1C=C(C2CCC3(O)C4(N)CCC5CC(OC(=O)NCCCCCCC)CCC5(C)C4CC(O)C23C)CO1. The molecule has 0 aromatic rings. The molecule has 9 atom stereocenters. The average Bonchev–Trinajstić information content (AvgIpc) is 3.45.